The summed E-state index contributed by atoms with van der Waals surface area (Å²) in [6.07, 6.45) is 4.92. The second kappa shape index (κ2) is 6.69. The quantitative estimate of drug-likeness (QED) is 0.651. The van der Waals surface area contributed by atoms with Crippen molar-refractivity contribution in [2.45, 2.75) is 44.4 Å². The molecule has 3 fully saturated rings. The molecule has 1 unspecified atom stereocenters. The maximum Gasteiger partial charge on any atom is 0.234 e. The van der Waals surface area contributed by atoms with E-state index in [1.54, 1.807) is 0 Å². The van der Waals surface area contributed by atoms with Gasteiger partial charge in [-0.05, 0) is 44.2 Å². The van der Waals surface area contributed by atoms with Gasteiger partial charge in [0, 0.05) is 42.1 Å². The highest BCUT2D eigenvalue weighted by atomic mass is 19.1. The number of amides is 2. The Hall–Kier alpha value is -2.31. The molecule has 1 saturated carbocycles. The predicted octanol–water partition coefficient (Wildman–Crippen LogP) is 2.68. The Morgan fingerprint density at radius 1 is 1.07 bits per heavy atom. The number of rotatable bonds is 3. The number of nitrogens with one attached hydrogen (secondary N) is 1. The van der Waals surface area contributed by atoms with Crippen LogP contribution in [-0.4, -0.2) is 31.2 Å². The monoisotopic (exact) mass is 376 g/mol. The first-order valence-electron chi connectivity index (χ1n) is 9.44. The molecule has 1 aliphatic carbocycles. The first-order valence-corrected chi connectivity index (χ1v) is 9.44. The summed E-state index contributed by atoms with van der Waals surface area (Å²) >= 11 is 0. The van der Waals surface area contributed by atoms with Gasteiger partial charge in [0.2, 0.25) is 11.8 Å². The molecule has 0 radical (unpaired) electrons. The first kappa shape index (κ1) is 18.1. The average Bonchev–Trinajstić information content (AvgIpc) is 2.61. The molecule has 7 heteroatoms. The lowest BCUT2D eigenvalue weighted by atomic mass is 9.66. The minimum Gasteiger partial charge on any atom is -0.370 e. The van der Waals surface area contributed by atoms with E-state index < -0.39 is 29.4 Å². The standard InChI is InChI=1S/C20H22F2N2O3/c21-15-7-13(24-10-20(11-24)5-3-12(9-25)4-6-20)8-16(22)18(15)14-1-2-17(26)23-19(14)27/h7-9,12,14H,1-6,10-11H2,(H,23,26,27). The van der Waals surface area contributed by atoms with Gasteiger partial charge in [-0.3, -0.25) is 14.9 Å². The van der Waals surface area contributed by atoms with E-state index in [0.29, 0.717) is 5.69 Å². The van der Waals surface area contributed by atoms with Gasteiger partial charge in [-0.2, -0.15) is 0 Å². The molecule has 0 aromatic heterocycles. The molecule has 1 aromatic rings. The van der Waals surface area contributed by atoms with Crippen LogP contribution in [0.25, 0.3) is 0 Å². The van der Waals surface area contributed by atoms with E-state index in [1.165, 1.54) is 12.1 Å². The molecular formula is C20H22F2N2O3. The number of halogens is 2. The molecule has 1 N–H and O–H groups in total. The first-order chi connectivity index (χ1) is 12.9. The maximum atomic E-state index is 14.6. The lowest BCUT2D eigenvalue weighted by Crippen LogP contribution is -2.58. The molecule has 5 nitrogen and oxygen atoms in total. The molecule has 0 bridgehead atoms. The van der Waals surface area contributed by atoms with Crippen LogP contribution in [0.15, 0.2) is 12.1 Å². The third kappa shape index (κ3) is 3.24. The molecular weight excluding hydrogens is 354 g/mol. The van der Waals surface area contributed by atoms with E-state index in [2.05, 4.69) is 5.32 Å². The second-order valence-electron chi connectivity index (χ2n) is 8.16. The van der Waals surface area contributed by atoms with Crippen molar-refractivity contribution in [1.82, 2.24) is 5.32 Å². The number of imide groups is 1. The highest BCUT2D eigenvalue weighted by Crippen LogP contribution is 2.47. The van der Waals surface area contributed by atoms with Gasteiger partial charge >= 0.3 is 0 Å². The van der Waals surface area contributed by atoms with E-state index in [-0.39, 0.29) is 29.7 Å². The fourth-order valence-corrected chi connectivity index (χ4v) is 4.71. The van der Waals surface area contributed by atoms with Gasteiger partial charge in [-0.25, -0.2) is 8.78 Å². The molecule has 3 aliphatic rings. The van der Waals surface area contributed by atoms with Gasteiger partial charge in [0.15, 0.2) is 0 Å². The number of carbonyl (C=O) groups excluding carboxylic acids is 3. The van der Waals surface area contributed by atoms with Crippen molar-refractivity contribution in [1.29, 1.82) is 0 Å². The number of benzene rings is 1. The van der Waals surface area contributed by atoms with E-state index >= 15 is 0 Å². The van der Waals surface area contributed by atoms with E-state index in [0.717, 1.165) is 45.1 Å². The van der Waals surface area contributed by atoms with Crippen molar-refractivity contribution in [2.75, 3.05) is 18.0 Å². The summed E-state index contributed by atoms with van der Waals surface area (Å²) in [5, 5.41) is 2.14. The van der Waals surface area contributed by atoms with Gasteiger partial charge in [-0.15, -0.1) is 0 Å². The van der Waals surface area contributed by atoms with Crippen molar-refractivity contribution < 1.29 is 23.2 Å². The maximum absolute atomic E-state index is 14.6. The minimum atomic E-state index is -0.974. The zero-order valence-corrected chi connectivity index (χ0v) is 15.0. The van der Waals surface area contributed by atoms with Crippen molar-refractivity contribution in [2.24, 2.45) is 11.3 Å². The van der Waals surface area contributed by atoms with Crippen LogP contribution in [0.3, 0.4) is 0 Å². The van der Waals surface area contributed by atoms with Crippen molar-refractivity contribution >= 4 is 23.8 Å². The van der Waals surface area contributed by atoms with Crippen LogP contribution < -0.4 is 10.2 Å². The highest BCUT2D eigenvalue weighted by molar-refractivity contribution is 6.01. The molecule has 2 amide bonds. The number of hydrogen-bond acceptors (Lipinski definition) is 4. The van der Waals surface area contributed by atoms with Crippen LogP contribution in [0, 0.1) is 23.0 Å². The van der Waals surface area contributed by atoms with E-state index in [1.807, 2.05) is 4.90 Å². The third-order valence-corrected chi connectivity index (χ3v) is 6.35. The molecule has 2 heterocycles. The Kier molecular flexibility index (Phi) is 4.48. The molecule has 1 aromatic carbocycles. The Balaban J connectivity index is 1.48. The van der Waals surface area contributed by atoms with E-state index in [4.69, 9.17) is 0 Å². The number of anilines is 1. The van der Waals surface area contributed by atoms with Crippen LogP contribution >= 0.6 is 0 Å². The molecule has 2 saturated heterocycles. The predicted molar refractivity (Wildman–Crippen MR) is 94.2 cm³/mol. The van der Waals surface area contributed by atoms with Gasteiger partial charge in [0.05, 0.1) is 5.92 Å². The number of carbonyl (C=O) groups is 3. The van der Waals surface area contributed by atoms with Gasteiger partial charge in [0.1, 0.15) is 17.9 Å². The van der Waals surface area contributed by atoms with Crippen LogP contribution in [0.4, 0.5) is 14.5 Å². The summed E-state index contributed by atoms with van der Waals surface area (Å²) in [5.41, 5.74) is 0.365. The molecule has 2 aliphatic heterocycles. The third-order valence-electron chi connectivity index (χ3n) is 6.35. The molecule has 1 spiro atoms. The Morgan fingerprint density at radius 2 is 1.70 bits per heavy atom. The van der Waals surface area contributed by atoms with Crippen LogP contribution in [0.1, 0.15) is 50.0 Å². The average molecular weight is 376 g/mol. The van der Waals surface area contributed by atoms with Crippen LogP contribution in [0.2, 0.25) is 0 Å². The Morgan fingerprint density at radius 3 is 2.26 bits per heavy atom. The second-order valence-corrected chi connectivity index (χ2v) is 8.16. The van der Waals surface area contributed by atoms with Gasteiger partial charge in [0.25, 0.3) is 0 Å². The zero-order valence-electron chi connectivity index (χ0n) is 15.0. The SMILES string of the molecule is O=CC1CCC2(CC1)CN(c1cc(F)c(C3CCC(=O)NC3=O)c(F)c1)C2. The lowest BCUT2D eigenvalue weighted by Gasteiger charge is -2.54. The van der Waals surface area contributed by atoms with Crippen LogP contribution in [-0.2, 0) is 14.4 Å². The Bertz CT molecular complexity index is 771. The summed E-state index contributed by atoms with van der Waals surface area (Å²) in [5.74, 6) is -3.38. The fraction of sp³-hybridized carbons (Fsp3) is 0.550. The molecule has 1 atom stereocenters. The van der Waals surface area contributed by atoms with Crippen molar-refractivity contribution in [3.8, 4) is 0 Å². The highest BCUT2D eigenvalue weighted by Gasteiger charge is 2.45. The fourth-order valence-electron chi connectivity index (χ4n) is 4.71. The Labute approximate surface area is 156 Å². The lowest BCUT2D eigenvalue weighted by molar-refractivity contribution is -0.134. The normalized spacial score (nSPS) is 25.3. The molecule has 144 valence electrons. The molecule has 27 heavy (non-hydrogen) atoms. The number of piperidine rings is 1. The van der Waals surface area contributed by atoms with Crippen LogP contribution in [0.5, 0.6) is 0 Å². The zero-order chi connectivity index (χ0) is 19.2. The minimum absolute atomic E-state index is 0.0769. The largest absolute Gasteiger partial charge is 0.370 e. The summed E-state index contributed by atoms with van der Waals surface area (Å²) in [7, 11) is 0. The number of hydrogen-bond donors (Lipinski definition) is 1. The smallest absolute Gasteiger partial charge is 0.234 e. The molecule has 4 rings (SSSR count). The summed E-state index contributed by atoms with van der Waals surface area (Å²) in [4.78, 5) is 36.0. The van der Waals surface area contributed by atoms with E-state index in [9.17, 15) is 23.2 Å². The van der Waals surface area contributed by atoms with Crippen molar-refractivity contribution in [3.63, 3.8) is 0 Å². The summed E-state index contributed by atoms with van der Waals surface area (Å²) in [6, 6.07) is 2.57. The summed E-state index contributed by atoms with van der Waals surface area (Å²) < 4.78 is 29.3. The number of nitrogens with zero attached hydrogens (tertiary/aromatic N) is 1. The van der Waals surface area contributed by atoms with Gasteiger partial charge < -0.3 is 9.69 Å². The van der Waals surface area contributed by atoms with Crippen molar-refractivity contribution in [3.05, 3.63) is 29.3 Å². The summed E-state index contributed by atoms with van der Waals surface area (Å²) in [6.45, 7) is 1.46. The topological polar surface area (TPSA) is 66.5 Å². The number of aldehydes is 1. The van der Waals surface area contributed by atoms with Gasteiger partial charge in [-0.1, -0.05) is 0 Å².